The highest BCUT2D eigenvalue weighted by Crippen LogP contribution is 2.08. The summed E-state index contributed by atoms with van der Waals surface area (Å²) >= 11 is -2.04. The van der Waals surface area contributed by atoms with Gasteiger partial charge in [0.25, 0.3) is 0 Å². The Morgan fingerprint density at radius 1 is 1.50 bits per heavy atom. The molecule has 2 N–H and O–H groups in total. The molecule has 0 bridgehead atoms. The zero-order valence-corrected chi connectivity index (χ0v) is 6.47. The molecule has 0 amide bonds. The molecule has 0 aliphatic carbocycles. The molecule has 0 aromatic carbocycles. The standard InChI is InChI=1S/C5H12N2O2S/c6-5-1-3-7(4-2-5)10(8)9/h5H,1-4,6H2,(H,8,9)/p-1. The van der Waals surface area contributed by atoms with Crippen molar-refractivity contribution in [3.63, 3.8) is 0 Å². The van der Waals surface area contributed by atoms with E-state index in [4.69, 9.17) is 5.73 Å². The topological polar surface area (TPSA) is 69.4 Å². The summed E-state index contributed by atoms with van der Waals surface area (Å²) < 4.78 is 22.1. The highest BCUT2D eigenvalue weighted by molar-refractivity contribution is 7.76. The van der Waals surface area contributed by atoms with Gasteiger partial charge in [-0.05, 0) is 12.8 Å². The van der Waals surface area contributed by atoms with Crippen molar-refractivity contribution in [1.29, 1.82) is 0 Å². The van der Waals surface area contributed by atoms with Crippen molar-refractivity contribution in [2.75, 3.05) is 13.1 Å². The molecule has 1 fully saturated rings. The molecular weight excluding hydrogens is 152 g/mol. The van der Waals surface area contributed by atoms with Crippen molar-refractivity contribution in [3.8, 4) is 0 Å². The van der Waals surface area contributed by atoms with Crippen molar-refractivity contribution < 1.29 is 8.76 Å². The Labute approximate surface area is 62.8 Å². The second-order valence-corrected chi connectivity index (χ2v) is 3.43. The Bertz CT molecular complexity index is 134. The van der Waals surface area contributed by atoms with E-state index in [1.54, 1.807) is 0 Å². The Morgan fingerprint density at radius 2 is 2.00 bits per heavy atom. The van der Waals surface area contributed by atoms with Gasteiger partial charge in [0.05, 0.1) is 0 Å². The lowest BCUT2D eigenvalue weighted by Gasteiger charge is -2.30. The fourth-order valence-corrected chi connectivity index (χ4v) is 1.53. The third-order valence-corrected chi connectivity index (χ3v) is 2.50. The van der Waals surface area contributed by atoms with Gasteiger partial charge >= 0.3 is 0 Å². The normalized spacial score (nSPS) is 26.6. The molecule has 10 heavy (non-hydrogen) atoms. The number of nitrogens with zero attached hydrogens (tertiary/aromatic N) is 1. The van der Waals surface area contributed by atoms with E-state index in [-0.39, 0.29) is 6.04 Å². The Balaban J connectivity index is 2.33. The highest BCUT2D eigenvalue weighted by atomic mass is 32.2. The molecule has 1 aliphatic heterocycles. The van der Waals surface area contributed by atoms with E-state index in [1.807, 2.05) is 0 Å². The van der Waals surface area contributed by atoms with Gasteiger partial charge in [0, 0.05) is 30.4 Å². The Morgan fingerprint density at radius 3 is 2.40 bits per heavy atom. The molecule has 1 aliphatic rings. The van der Waals surface area contributed by atoms with Crippen LogP contribution in [0, 0.1) is 0 Å². The minimum absolute atomic E-state index is 0.194. The zero-order chi connectivity index (χ0) is 7.56. The maximum absolute atomic E-state index is 10.3. The third kappa shape index (κ3) is 2.02. The molecule has 0 spiro atoms. The minimum atomic E-state index is -2.04. The van der Waals surface area contributed by atoms with Crippen LogP contribution < -0.4 is 5.73 Å². The SMILES string of the molecule is NC1CCN(S(=O)[O-])CC1. The summed E-state index contributed by atoms with van der Waals surface area (Å²) in [6.07, 6.45) is 1.57. The van der Waals surface area contributed by atoms with E-state index in [0.29, 0.717) is 13.1 Å². The first kappa shape index (κ1) is 8.13. The first-order valence-corrected chi connectivity index (χ1v) is 4.33. The molecule has 1 unspecified atom stereocenters. The molecule has 1 atom stereocenters. The monoisotopic (exact) mass is 163 g/mol. The van der Waals surface area contributed by atoms with Gasteiger partial charge in [0.1, 0.15) is 0 Å². The largest absolute Gasteiger partial charge is 0.760 e. The van der Waals surface area contributed by atoms with Crippen molar-refractivity contribution in [2.24, 2.45) is 5.73 Å². The van der Waals surface area contributed by atoms with Crippen molar-refractivity contribution in [2.45, 2.75) is 18.9 Å². The Kier molecular flexibility index (Phi) is 2.79. The van der Waals surface area contributed by atoms with Gasteiger partial charge in [-0.2, -0.15) is 0 Å². The molecule has 4 nitrogen and oxygen atoms in total. The lowest BCUT2D eigenvalue weighted by atomic mass is 10.1. The van der Waals surface area contributed by atoms with Crippen molar-refractivity contribution >= 4 is 11.3 Å². The van der Waals surface area contributed by atoms with Crippen LogP contribution in [0.4, 0.5) is 0 Å². The van der Waals surface area contributed by atoms with Crippen LogP contribution in [0.3, 0.4) is 0 Å². The molecule has 60 valence electrons. The van der Waals surface area contributed by atoms with Gasteiger partial charge in [0.2, 0.25) is 0 Å². The van der Waals surface area contributed by atoms with Gasteiger partial charge < -0.3 is 10.3 Å². The van der Waals surface area contributed by atoms with Crippen LogP contribution in [0.5, 0.6) is 0 Å². The van der Waals surface area contributed by atoms with Crippen molar-refractivity contribution in [1.82, 2.24) is 4.31 Å². The number of rotatable bonds is 1. The molecular formula is C5H11N2O2S-. The third-order valence-electron chi connectivity index (χ3n) is 1.71. The molecule has 1 saturated heterocycles. The van der Waals surface area contributed by atoms with Gasteiger partial charge in [-0.15, -0.1) is 0 Å². The fraction of sp³-hybridized carbons (Fsp3) is 1.00. The second-order valence-electron chi connectivity index (χ2n) is 2.48. The number of piperidine rings is 1. The smallest absolute Gasteiger partial charge is 0.0209 e. The zero-order valence-electron chi connectivity index (χ0n) is 5.66. The number of hydrogen-bond acceptors (Lipinski definition) is 3. The van der Waals surface area contributed by atoms with Crippen molar-refractivity contribution in [3.05, 3.63) is 0 Å². The Hall–Kier alpha value is 0.0300. The quantitative estimate of drug-likeness (QED) is 0.515. The first-order valence-electron chi connectivity index (χ1n) is 3.30. The van der Waals surface area contributed by atoms with E-state index in [2.05, 4.69) is 0 Å². The van der Waals surface area contributed by atoms with E-state index in [9.17, 15) is 8.76 Å². The van der Waals surface area contributed by atoms with Crippen LogP contribution in [0.15, 0.2) is 0 Å². The van der Waals surface area contributed by atoms with Crippen LogP contribution in [-0.4, -0.2) is 32.2 Å². The van der Waals surface area contributed by atoms with Gasteiger partial charge in [-0.3, -0.25) is 4.21 Å². The van der Waals surface area contributed by atoms with E-state index in [1.165, 1.54) is 4.31 Å². The lowest BCUT2D eigenvalue weighted by molar-refractivity contribution is 0.310. The summed E-state index contributed by atoms with van der Waals surface area (Å²) in [5, 5.41) is 0. The van der Waals surface area contributed by atoms with Crippen LogP contribution in [0.1, 0.15) is 12.8 Å². The van der Waals surface area contributed by atoms with Gasteiger partial charge in [-0.1, -0.05) is 0 Å². The average Bonchev–Trinajstić information content (AvgIpc) is 1.88. The first-order chi connectivity index (χ1) is 4.70. The summed E-state index contributed by atoms with van der Waals surface area (Å²) in [6.45, 7) is 1.16. The maximum Gasteiger partial charge on any atom is 0.0209 e. The van der Waals surface area contributed by atoms with Gasteiger partial charge in [-0.25, -0.2) is 4.31 Å². The predicted molar refractivity (Wildman–Crippen MR) is 37.7 cm³/mol. The van der Waals surface area contributed by atoms with E-state index < -0.39 is 11.3 Å². The summed E-state index contributed by atoms with van der Waals surface area (Å²) in [6, 6.07) is 0.194. The predicted octanol–water partition coefficient (Wildman–Crippen LogP) is -0.796. The molecule has 0 saturated carbocycles. The van der Waals surface area contributed by atoms with Crippen LogP contribution in [0.2, 0.25) is 0 Å². The molecule has 5 heteroatoms. The minimum Gasteiger partial charge on any atom is -0.760 e. The molecule has 0 aromatic rings. The molecule has 0 radical (unpaired) electrons. The maximum atomic E-state index is 10.3. The molecule has 0 aromatic heterocycles. The summed E-state index contributed by atoms with van der Waals surface area (Å²) in [5.74, 6) is 0. The number of hydrogen-bond donors (Lipinski definition) is 1. The summed E-state index contributed by atoms with van der Waals surface area (Å²) in [5.41, 5.74) is 5.57. The lowest BCUT2D eigenvalue weighted by Crippen LogP contribution is -2.40. The van der Waals surface area contributed by atoms with E-state index in [0.717, 1.165) is 12.8 Å². The average molecular weight is 163 g/mol. The van der Waals surface area contributed by atoms with Crippen LogP contribution >= 0.6 is 0 Å². The fourth-order valence-electron chi connectivity index (χ4n) is 1.02. The molecule has 1 rings (SSSR count). The van der Waals surface area contributed by atoms with Crippen LogP contribution in [0.25, 0.3) is 0 Å². The highest BCUT2D eigenvalue weighted by Gasteiger charge is 2.15. The summed E-state index contributed by atoms with van der Waals surface area (Å²) in [4.78, 5) is 0. The van der Waals surface area contributed by atoms with Gasteiger partial charge in [0.15, 0.2) is 0 Å². The summed E-state index contributed by atoms with van der Waals surface area (Å²) in [7, 11) is 0. The number of nitrogens with two attached hydrogens (primary N) is 1. The second kappa shape index (κ2) is 3.43. The van der Waals surface area contributed by atoms with E-state index >= 15 is 0 Å². The molecule has 1 heterocycles. The van der Waals surface area contributed by atoms with Crippen LogP contribution in [-0.2, 0) is 11.3 Å².